The largest absolute Gasteiger partial charge is 0.497 e. The van der Waals surface area contributed by atoms with Gasteiger partial charge in [-0.25, -0.2) is 10.0 Å². The number of aliphatic imine (C=N–C) groups is 1. The van der Waals surface area contributed by atoms with Crippen molar-refractivity contribution in [3.05, 3.63) is 94.5 Å². The molecule has 0 saturated carbocycles. The lowest BCUT2D eigenvalue weighted by molar-refractivity contribution is -0.0937. The van der Waals surface area contributed by atoms with Crippen molar-refractivity contribution >= 4 is 29.0 Å². The zero-order valence-corrected chi connectivity index (χ0v) is 20.1. The monoisotopic (exact) mass is 478 g/mol. The fourth-order valence-electron chi connectivity index (χ4n) is 3.57. The number of halogens is 1. The molecule has 0 radical (unpaired) electrons. The smallest absolute Gasteiger partial charge is 0.219 e. The molecule has 3 aromatic carbocycles. The Morgan fingerprint density at radius 2 is 1.65 bits per heavy atom. The third-order valence-electron chi connectivity index (χ3n) is 5.42. The normalized spacial score (nSPS) is 14.4. The van der Waals surface area contributed by atoms with Crippen LogP contribution in [0.5, 0.6) is 5.75 Å². The highest BCUT2D eigenvalue weighted by Gasteiger charge is 2.23. The van der Waals surface area contributed by atoms with Gasteiger partial charge in [-0.05, 0) is 35.9 Å². The molecule has 176 valence electrons. The molecule has 7 nitrogen and oxygen atoms in total. The number of nitrogens with one attached hydrogen (secondary N) is 1. The molecule has 0 amide bonds. The van der Waals surface area contributed by atoms with E-state index >= 15 is 0 Å². The van der Waals surface area contributed by atoms with Gasteiger partial charge < -0.3 is 19.5 Å². The summed E-state index contributed by atoms with van der Waals surface area (Å²) in [5, 5.41) is 11.1. The van der Waals surface area contributed by atoms with Crippen LogP contribution in [-0.2, 0) is 16.0 Å². The molecule has 0 aromatic heterocycles. The standard InChI is InChI=1S/C26H27ClN4O3/c1-32-21-14-8-18(9-15-21)17-31-26(28-16-24(33-2)34-3)29-23-7-5-4-6-22(23)25(30-31)19-10-12-20(27)13-11-19/h4-15,24H,16-17H2,1-3H3,(H,28,29). The third-order valence-corrected chi connectivity index (χ3v) is 5.67. The molecule has 1 N–H and O–H groups in total. The molecule has 0 unspecified atom stereocenters. The van der Waals surface area contributed by atoms with Gasteiger partial charge in [-0.2, -0.15) is 5.10 Å². The minimum Gasteiger partial charge on any atom is -0.497 e. The summed E-state index contributed by atoms with van der Waals surface area (Å²) in [4.78, 5) is 4.77. The number of ether oxygens (including phenoxy) is 3. The number of hydrogen-bond acceptors (Lipinski definition) is 5. The first-order valence-electron chi connectivity index (χ1n) is 10.8. The zero-order valence-electron chi connectivity index (χ0n) is 19.4. The van der Waals surface area contributed by atoms with E-state index in [4.69, 9.17) is 35.9 Å². The number of guanidine groups is 1. The van der Waals surface area contributed by atoms with Gasteiger partial charge >= 0.3 is 0 Å². The lowest BCUT2D eigenvalue weighted by Gasteiger charge is -2.22. The van der Waals surface area contributed by atoms with Crippen LogP contribution in [0.1, 0.15) is 16.7 Å². The Morgan fingerprint density at radius 3 is 2.32 bits per heavy atom. The molecule has 0 atom stereocenters. The molecule has 8 heteroatoms. The van der Waals surface area contributed by atoms with Crippen LogP contribution in [0.25, 0.3) is 0 Å². The molecule has 0 spiro atoms. The summed E-state index contributed by atoms with van der Waals surface area (Å²) in [5.41, 5.74) is 4.68. The predicted molar refractivity (Wildman–Crippen MR) is 136 cm³/mol. The fraction of sp³-hybridized carbons (Fsp3) is 0.231. The van der Waals surface area contributed by atoms with E-state index in [0.29, 0.717) is 24.1 Å². The number of hydrazone groups is 1. The second-order valence-corrected chi connectivity index (χ2v) is 8.03. The van der Waals surface area contributed by atoms with Crippen LogP contribution < -0.4 is 10.1 Å². The molecular weight excluding hydrogens is 452 g/mol. The van der Waals surface area contributed by atoms with Crippen LogP contribution in [0.2, 0.25) is 5.02 Å². The maximum Gasteiger partial charge on any atom is 0.219 e. The predicted octanol–water partition coefficient (Wildman–Crippen LogP) is 5.00. The van der Waals surface area contributed by atoms with Crippen LogP contribution in [0.15, 0.2) is 82.9 Å². The molecule has 1 aliphatic rings. The SMILES string of the molecule is COc1ccc(CN2N=C(c3ccc(Cl)cc3)c3ccccc3NC2=NCC(OC)OC)cc1. The summed E-state index contributed by atoms with van der Waals surface area (Å²) in [5.74, 6) is 1.39. The maximum absolute atomic E-state index is 6.15. The number of fused-ring (bicyclic) bond motifs is 1. The van der Waals surface area contributed by atoms with Crippen LogP contribution >= 0.6 is 11.6 Å². The molecule has 4 rings (SSSR count). The van der Waals surface area contributed by atoms with Crippen molar-refractivity contribution < 1.29 is 14.2 Å². The van der Waals surface area contributed by atoms with Crippen molar-refractivity contribution in [3.8, 4) is 5.75 Å². The highest BCUT2D eigenvalue weighted by atomic mass is 35.5. The second kappa shape index (κ2) is 11.2. The molecule has 0 saturated heterocycles. The van der Waals surface area contributed by atoms with Crippen molar-refractivity contribution in [2.75, 3.05) is 33.2 Å². The molecule has 0 aliphatic carbocycles. The highest BCUT2D eigenvalue weighted by Crippen LogP contribution is 2.26. The number of hydrogen-bond donors (Lipinski definition) is 1. The van der Waals surface area contributed by atoms with Gasteiger partial charge in [0.2, 0.25) is 5.96 Å². The number of rotatable bonds is 8. The first-order valence-corrected chi connectivity index (χ1v) is 11.2. The average Bonchev–Trinajstić information content (AvgIpc) is 3.02. The van der Waals surface area contributed by atoms with Crippen LogP contribution in [0.4, 0.5) is 5.69 Å². The van der Waals surface area contributed by atoms with Gasteiger partial charge in [0.25, 0.3) is 0 Å². The lowest BCUT2D eigenvalue weighted by atomic mass is 10.0. The summed E-state index contributed by atoms with van der Waals surface area (Å²) in [6.45, 7) is 0.800. The summed E-state index contributed by atoms with van der Waals surface area (Å²) >= 11 is 6.15. The van der Waals surface area contributed by atoms with Gasteiger partial charge in [-0.3, -0.25) is 0 Å². The first-order chi connectivity index (χ1) is 16.6. The number of benzene rings is 3. The van der Waals surface area contributed by atoms with Crippen molar-refractivity contribution in [1.82, 2.24) is 5.01 Å². The summed E-state index contributed by atoms with van der Waals surface area (Å²) < 4.78 is 16.0. The van der Waals surface area contributed by atoms with Crippen LogP contribution in [0, 0.1) is 0 Å². The maximum atomic E-state index is 6.15. The number of methoxy groups -OCH3 is 3. The Hall–Kier alpha value is -3.39. The van der Waals surface area contributed by atoms with Crippen LogP contribution in [-0.4, -0.2) is 50.8 Å². The van der Waals surface area contributed by atoms with E-state index in [1.807, 2.05) is 77.8 Å². The molecule has 1 heterocycles. The summed E-state index contributed by atoms with van der Waals surface area (Å²) in [7, 11) is 4.84. The van der Waals surface area contributed by atoms with E-state index in [9.17, 15) is 0 Å². The van der Waals surface area contributed by atoms with E-state index in [-0.39, 0.29) is 0 Å². The van der Waals surface area contributed by atoms with Gasteiger partial charge in [-0.15, -0.1) is 0 Å². The van der Waals surface area contributed by atoms with Gasteiger partial charge in [0.05, 0.1) is 25.9 Å². The molecule has 34 heavy (non-hydrogen) atoms. The Morgan fingerprint density at radius 1 is 0.941 bits per heavy atom. The number of nitrogens with zero attached hydrogens (tertiary/aromatic N) is 3. The Kier molecular flexibility index (Phi) is 7.80. The van der Waals surface area contributed by atoms with E-state index < -0.39 is 6.29 Å². The zero-order chi connectivity index (χ0) is 23.9. The van der Waals surface area contributed by atoms with Crippen molar-refractivity contribution in [2.45, 2.75) is 12.8 Å². The fourth-order valence-corrected chi connectivity index (χ4v) is 3.69. The van der Waals surface area contributed by atoms with Crippen molar-refractivity contribution in [1.29, 1.82) is 0 Å². The van der Waals surface area contributed by atoms with Crippen LogP contribution in [0.3, 0.4) is 0 Å². The molecule has 1 aliphatic heterocycles. The molecular formula is C26H27ClN4O3. The van der Waals surface area contributed by atoms with Gasteiger partial charge in [0, 0.05) is 30.4 Å². The molecule has 0 fully saturated rings. The van der Waals surface area contributed by atoms with Gasteiger partial charge in [-0.1, -0.05) is 54.1 Å². The molecule has 0 bridgehead atoms. The Bertz CT molecular complexity index is 1160. The second-order valence-electron chi connectivity index (χ2n) is 7.60. The lowest BCUT2D eigenvalue weighted by Crippen LogP contribution is -2.33. The van der Waals surface area contributed by atoms with Crippen molar-refractivity contribution in [2.24, 2.45) is 10.1 Å². The van der Waals surface area contributed by atoms with E-state index in [1.165, 1.54) is 0 Å². The molecule has 3 aromatic rings. The quantitative estimate of drug-likeness (QED) is 0.461. The van der Waals surface area contributed by atoms with E-state index in [1.54, 1.807) is 21.3 Å². The topological polar surface area (TPSA) is 67.7 Å². The minimum atomic E-state index is -0.463. The Balaban J connectivity index is 1.79. The van der Waals surface area contributed by atoms with Crippen molar-refractivity contribution in [3.63, 3.8) is 0 Å². The average molecular weight is 479 g/mol. The number of anilines is 1. The number of para-hydroxylation sites is 1. The van der Waals surface area contributed by atoms with E-state index in [0.717, 1.165) is 33.8 Å². The Labute approximate surface area is 204 Å². The van der Waals surface area contributed by atoms with Gasteiger partial charge in [0.15, 0.2) is 6.29 Å². The first kappa shape index (κ1) is 23.8. The third kappa shape index (κ3) is 5.56. The highest BCUT2D eigenvalue weighted by molar-refractivity contribution is 6.30. The summed E-state index contributed by atoms with van der Waals surface area (Å²) in [6, 6.07) is 23.6. The van der Waals surface area contributed by atoms with E-state index in [2.05, 4.69) is 5.32 Å². The minimum absolute atomic E-state index is 0.308. The summed E-state index contributed by atoms with van der Waals surface area (Å²) in [6.07, 6.45) is -0.463. The van der Waals surface area contributed by atoms with Gasteiger partial charge in [0.1, 0.15) is 11.5 Å².